The monoisotopic (exact) mass is 430 g/mol. The lowest BCUT2D eigenvalue weighted by atomic mass is 10.0. The molecule has 164 valence electrons. The fourth-order valence-electron chi connectivity index (χ4n) is 3.64. The van der Waals surface area contributed by atoms with E-state index in [1.807, 2.05) is 36.4 Å². The number of carbonyl (C=O) groups excluding carboxylic acids is 1. The third-order valence-electron chi connectivity index (χ3n) is 5.62. The standard InChI is InChI=1S/C25H26N4O3/c1-17-8-9-19(14-18(17)2)21-16-22-25(31)28(12-13-29(22)27-21)11-10-26-24(30)15-20-6-4-5-7-23(20)32-3/h4-9,12-14,16H,10-11,15H2,1-3H3,(H,26,30). The Morgan fingerprint density at radius 2 is 1.88 bits per heavy atom. The molecular weight excluding hydrogens is 404 g/mol. The molecule has 7 heteroatoms. The van der Waals surface area contributed by atoms with Crippen molar-refractivity contribution in [3.05, 3.63) is 88.0 Å². The summed E-state index contributed by atoms with van der Waals surface area (Å²) in [5, 5.41) is 7.42. The van der Waals surface area contributed by atoms with Crippen LogP contribution in [0, 0.1) is 13.8 Å². The number of methoxy groups -OCH3 is 1. The molecule has 7 nitrogen and oxygen atoms in total. The van der Waals surface area contributed by atoms with E-state index in [0.29, 0.717) is 24.4 Å². The van der Waals surface area contributed by atoms with Gasteiger partial charge in [0.2, 0.25) is 5.91 Å². The molecule has 32 heavy (non-hydrogen) atoms. The van der Waals surface area contributed by atoms with Crippen molar-refractivity contribution in [3.8, 4) is 17.0 Å². The molecule has 0 fully saturated rings. The normalized spacial score (nSPS) is 11.0. The van der Waals surface area contributed by atoms with Gasteiger partial charge in [-0.15, -0.1) is 0 Å². The summed E-state index contributed by atoms with van der Waals surface area (Å²) >= 11 is 0. The van der Waals surface area contributed by atoms with Crippen LogP contribution in [0.5, 0.6) is 5.75 Å². The molecule has 0 spiro atoms. The number of rotatable bonds is 7. The van der Waals surface area contributed by atoms with E-state index in [1.54, 1.807) is 28.6 Å². The van der Waals surface area contributed by atoms with Gasteiger partial charge in [-0.25, -0.2) is 4.52 Å². The number of nitrogens with zero attached hydrogens (tertiary/aromatic N) is 3. The molecule has 2 heterocycles. The van der Waals surface area contributed by atoms with Gasteiger partial charge in [-0.2, -0.15) is 5.10 Å². The molecule has 0 unspecified atom stereocenters. The average molecular weight is 431 g/mol. The lowest BCUT2D eigenvalue weighted by molar-refractivity contribution is -0.120. The highest BCUT2D eigenvalue weighted by atomic mass is 16.5. The second kappa shape index (κ2) is 9.09. The fraction of sp³-hybridized carbons (Fsp3) is 0.240. The summed E-state index contributed by atoms with van der Waals surface area (Å²) in [6.07, 6.45) is 3.68. The molecule has 1 amide bonds. The van der Waals surface area contributed by atoms with E-state index in [1.165, 1.54) is 11.1 Å². The van der Waals surface area contributed by atoms with E-state index >= 15 is 0 Å². The van der Waals surface area contributed by atoms with E-state index in [9.17, 15) is 9.59 Å². The van der Waals surface area contributed by atoms with Crippen LogP contribution >= 0.6 is 0 Å². The highest BCUT2D eigenvalue weighted by molar-refractivity contribution is 5.79. The van der Waals surface area contributed by atoms with Crippen molar-refractivity contribution < 1.29 is 9.53 Å². The minimum absolute atomic E-state index is 0.120. The number of carbonyl (C=O) groups is 1. The van der Waals surface area contributed by atoms with Crippen LogP contribution in [0.15, 0.2) is 65.7 Å². The molecule has 0 aliphatic carbocycles. The minimum Gasteiger partial charge on any atom is -0.496 e. The Morgan fingerprint density at radius 1 is 1.06 bits per heavy atom. The Balaban J connectivity index is 1.44. The van der Waals surface area contributed by atoms with Crippen molar-refractivity contribution in [2.45, 2.75) is 26.8 Å². The Morgan fingerprint density at radius 3 is 2.66 bits per heavy atom. The predicted octanol–water partition coefficient (Wildman–Crippen LogP) is 3.15. The molecule has 0 aliphatic rings. The topological polar surface area (TPSA) is 77.6 Å². The van der Waals surface area contributed by atoms with Gasteiger partial charge in [0.05, 0.1) is 19.2 Å². The zero-order valence-electron chi connectivity index (χ0n) is 18.5. The summed E-state index contributed by atoms with van der Waals surface area (Å²) in [6.45, 7) is 4.85. The third kappa shape index (κ3) is 4.42. The van der Waals surface area contributed by atoms with Gasteiger partial charge in [0.15, 0.2) is 0 Å². The van der Waals surface area contributed by atoms with Crippen molar-refractivity contribution >= 4 is 11.4 Å². The maximum atomic E-state index is 12.9. The molecular formula is C25H26N4O3. The molecule has 0 atom stereocenters. The smallest absolute Gasteiger partial charge is 0.276 e. The van der Waals surface area contributed by atoms with Crippen LogP contribution in [0.3, 0.4) is 0 Å². The van der Waals surface area contributed by atoms with Crippen molar-refractivity contribution in [2.24, 2.45) is 0 Å². The van der Waals surface area contributed by atoms with Gasteiger partial charge in [0.1, 0.15) is 11.3 Å². The van der Waals surface area contributed by atoms with E-state index < -0.39 is 0 Å². The molecule has 0 saturated carbocycles. The van der Waals surface area contributed by atoms with Gasteiger partial charge < -0.3 is 14.6 Å². The number of benzene rings is 2. The van der Waals surface area contributed by atoms with Crippen LogP contribution < -0.4 is 15.6 Å². The Kier molecular flexibility index (Phi) is 6.07. The number of fused-ring (bicyclic) bond motifs is 1. The van der Waals surface area contributed by atoms with Crippen molar-refractivity contribution in [3.63, 3.8) is 0 Å². The maximum Gasteiger partial charge on any atom is 0.276 e. The summed E-state index contributed by atoms with van der Waals surface area (Å²) in [7, 11) is 1.58. The highest BCUT2D eigenvalue weighted by Crippen LogP contribution is 2.21. The maximum absolute atomic E-state index is 12.9. The second-order valence-electron chi connectivity index (χ2n) is 7.79. The lowest BCUT2D eigenvalue weighted by Crippen LogP contribution is -2.32. The summed E-state index contributed by atoms with van der Waals surface area (Å²) in [6, 6.07) is 15.4. The van der Waals surface area contributed by atoms with Gasteiger partial charge in [0, 0.05) is 36.6 Å². The lowest BCUT2D eigenvalue weighted by Gasteiger charge is -2.10. The number of aryl methyl sites for hydroxylation is 2. The Bertz CT molecular complexity index is 1340. The molecule has 0 bridgehead atoms. The molecule has 4 rings (SSSR count). The Hall–Kier alpha value is -3.87. The minimum atomic E-state index is -0.144. The summed E-state index contributed by atoms with van der Waals surface area (Å²) in [5.41, 5.74) is 5.31. The molecule has 0 aliphatic heterocycles. The van der Waals surface area contributed by atoms with Crippen LogP contribution in [0.4, 0.5) is 0 Å². The average Bonchev–Trinajstić information content (AvgIpc) is 3.23. The molecule has 2 aromatic carbocycles. The van der Waals surface area contributed by atoms with E-state index in [4.69, 9.17) is 4.74 Å². The van der Waals surface area contributed by atoms with E-state index in [2.05, 4.69) is 36.4 Å². The SMILES string of the molecule is COc1ccccc1CC(=O)NCCn1ccn2nc(-c3ccc(C)c(C)c3)cc2c1=O. The first kappa shape index (κ1) is 21.4. The quantitative estimate of drug-likeness (QED) is 0.489. The van der Waals surface area contributed by atoms with Crippen LogP contribution in [0.25, 0.3) is 16.8 Å². The largest absolute Gasteiger partial charge is 0.496 e. The summed E-state index contributed by atoms with van der Waals surface area (Å²) < 4.78 is 8.48. The molecule has 1 N–H and O–H groups in total. The zero-order valence-corrected chi connectivity index (χ0v) is 18.5. The predicted molar refractivity (Wildman–Crippen MR) is 124 cm³/mol. The van der Waals surface area contributed by atoms with Crippen LogP contribution in [0.2, 0.25) is 0 Å². The number of hydrogen-bond acceptors (Lipinski definition) is 4. The molecule has 4 aromatic rings. The fourth-order valence-corrected chi connectivity index (χ4v) is 3.64. The molecule has 0 radical (unpaired) electrons. The Labute approximate surface area is 186 Å². The number of ether oxygens (including phenoxy) is 1. The first-order valence-electron chi connectivity index (χ1n) is 10.5. The van der Waals surface area contributed by atoms with E-state index in [-0.39, 0.29) is 17.9 Å². The van der Waals surface area contributed by atoms with E-state index in [0.717, 1.165) is 16.8 Å². The summed E-state index contributed by atoms with van der Waals surface area (Å²) in [4.78, 5) is 25.2. The van der Waals surface area contributed by atoms with Crippen molar-refractivity contribution in [1.82, 2.24) is 19.5 Å². The second-order valence-corrected chi connectivity index (χ2v) is 7.79. The van der Waals surface area contributed by atoms with Crippen LogP contribution in [-0.2, 0) is 17.8 Å². The molecule has 2 aromatic heterocycles. The van der Waals surface area contributed by atoms with Crippen molar-refractivity contribution in [1.29, 1.82) is 0 Å². The number of aromatic nitrogens is 3. The van der Waals surface area contributed by atoms with Gasteiger partial charge in [-0.05, 0) is 43.2 Å². The summed E-state index contributed by atoms with van der Waals surface area (Å²) in [5.74, 6) is 0.564. The van der Waals surface area contributed by atoms with Gasteiger partial charge in [-0.1, -0.05) is 30.3 Å². The first-order valence-corrected chi connectivity index (χ1v) is 10.5. The van der Waals surface area contributed by atoms with Gasteiger partial charge >= 0.3 is 0 Å². The third-order valence-corrected chi connectivity index (χ3v) is 5.62. The highest BCUT2D eigenvalue weighted by Gasteiger charge is 2.11. The number of para-hydroxylation sites is 1. The van der Waals surface area contributed by atoms with Crippen LogP contribution in [0.1, 0.15) is 16.7 Å². The number of amides is 1. The number of hydrogen-bond donors (Lipinski definition) is 1. The van der Waals surface area contributed by atoms with Crippen molar-refractivity contribution in [2.75, 3.05) is 13.7 Å². The van der Waals surface area contributed by atoms with Gasteiger partial charge in [-0.3, -0.25) is 9.59 Å². The molecule has 0 saturated heterocycles. The van der Waals surface area contributed by atoms with Crippen LogP contribution in [-0.4, -0.2) is 33.7 Å². The first-order chi connectivity index (χ1) is 15.5. The zero-order chi connectivity index (χ0) is 22.7. The number of nitrogens with one attached hydrogen (secondary N) is 1. The van der Waals surface area contributed by atoms with Gasteiger partial charge in [0.25, 0.3) is 5.56 Å².